The molecule has 7 nitrogen and oxygen atoms in total. The number of rotatable bonds is 4. The lowest BCUT2D eigenvalue weighted by Crippen LogP contribution is -2.43. The molecular weight excluding hydrogens is 409 g/mol. The summed E-state index contributed by atoms with van der Waals surface area (Å²) >= 11 is 0. The predicted octanol–water partition coefficient (Wildman–Crippen LogP) is 3.20. The van der Waals surface area contributed by atoms with Gasteiger partial charge in [-0.3, -0.25) is 13.9 Å². The van der Waals surface area contributed by atoms with E-state index in [1.807, 2.05) is 40.9 Å². The van der Waals surface area contributed by atoms with Gasteiger partial charge in [0.25, 0.3) is 5.91 Å². The lowest BCUT2D eigenvalue weighted by Gasteiger charge is -2.33. The average molecular weight is 433 g/mol. The number of hydrogen-bond acceptors (Lipinski definition) is 3. The lowest BCUT2D eigenvalue weighted by atomic mass is 10.0. The van der Waals surface area contributed by atoms with Gasteiger partial charge in [-0.1, -0.05) is 12.1 Å². The van der Waals surface area contributed by atoms with Crippen molar-refractivity contribution in [1.29, 1.82) is 0 Å². The highest BCUT2D eigenvalue weighted by atomic mass is 19.1. The van der Waals surface area contributed by atoms with Crippen LogP contribution in [0.4, 0.5) is 4.39 Å². The molecule has 8 heteroatoms. The van der Waals surface area contributed by atoms with Gasteiger partial charge in [0.15, 0.2) is 5.65 Å². The number of benzene rings is 1. The number of pyridine rings is 1. The minimum atomic E-state index is -0.334. The molecule has 1 atom stereocenters. The van der Waals surface area contributed by atoms with Crippen LogP contribution in [0.2, 0.25) is 0 Å². The van der Waals surface area contributed by atoms with Gasteiger partial charge in [0, 0.05) is 32.5 Å². The number of imidazole rings is 1. The van der Waals surface area contributed by atoms with Crippen molar-refractivity contribution in [1.82, 2.24) is 23.6 Å². The van der Waals surface area contributed by atoms with Gasteiger partial charge in [0.05, 0.1) is 18.1 Å². The fourth-order valence-corrected chi connectivity index (χ4v) is 4.60. The van der Waals surface area contributed by atoms with E-state index in [0.717, 1.165) is 12.8 Å². The van der Waals surface area contributed by atoms with Crippen LogP contribution in [-0.4, -0.2) is 42.6 Å². The van der Waals surface area contributed by atoms with Gasteiger partial charge in [0.1, 0.15) is 11.5 Å². The first-order valence-electron chi connectivity index (χ1n) is 10.7. The molecule has 1 aliphatic heterocycles. The monoisotopic (exact) mass is 433 g/mol. The van der Waals surface area contributed by atoms with E-state index < -0.39 is 0 Å². The smallest absolute Gasteiger partial charge is 0.330 e. The van der Waals surface area contributed by atoms with Gasteiger partial charge in [-0.2, -0.15) is 0 Å². The molecule has 0 aliphatic carbocycles. The third-order valence-electron chi connectivity index (χ3n) is 6.16. The molecule has 164 valence electrons. The van der Waals surface area contributed by atoms with Crippen molar-refractivity contribution in [3.05, 3.63) is 88.5 Å². The zero-order valence-electron chi connectivity index (χ0n) is 17.8. The molecule has 0 bridgehead atoms. The van der Waals surface area contributed by atoms with Crippen LogP contribution in [0.15, 0.2) is 65.7 Å². The normalized spacial score (nSPS) is 16.6. The molecule has 1 aromatic carbocycles. The lowest BCUT2D eigenvalue weighted by molar-refractivity contribution is 0.0669. The molecule has 0 saturated carbocycles. The number of fused-ring (bicyclic) bond motifs is 1. The minimum Gasteiger partial charge on any atom is -0.347 e. The van der Waals surface area contributed by atoms with E-state index in [4.69, 9.17) is 0 Å². The summed E-state index contributed by atoms with van der Waals surface area (Å²) in [4.78, 5) is 32.9. The second-order valence-electron chi connectivity index (χ2n) is 8.27. The first kappa shape index (κ1) is 20.2. The summed E-state index contributed by atoms with van der Waals surface area (Å²) in [6.45, 7) is 1.36. The van der Waals surface area contributed by atoms with E-state index in [0.29, 0.717) is 35.5 Å². The van der Waals surface area contributed by atoms with Crippen molar-refractivity contribution in [3.8, 4) is 0 Å². The molecule has 4 aromatic rings. The van der Waals surface area contributed by atoms with Crippen molar-refractivity contribution < 1.29 is 9.18 Å². The Labute approximate surface area is 184 Å². The molecule has 1 fully saturated rings. The Morgan fingerprint density at radius 3 is 2.84 bits per heavy atom. The number of nitrogens with zero attached hydrogens (tertiary/aromatic N) is 5. The summed E-state index contributed by atoms with van der Waals surface area (Å²) in [7, 11) is 1.85. The Balaban J connectivity index is 1.51. The predicted molar refractivity (Wildman–Crippen MR) is 119 cm³/mol. The van der Waals surface area contributed by atoms with Crippen molar-refractivity contribution in [3.63, 3.8) is 0 Å². The number of hydrogen-bond donors (Lipinski definition) is 0. The summed E-state index contributed by atoms with van der Waals surface area (Å²) in [5.41, 5.74) is 2.43. The number of amides is 1. The number of piperidine rings is 1. The number of aromatic nitrogens is 4. The summed E-state index contributed by atoms with van der Waals surface area (Å²) in [5, 5.41) is 0. The number of aryl methyl sites for hydroxylation is 1. The molecule has 32 heavy (non-hydrogen) atoms. The molecule has 1 aliphatic rings. The van der Waals surface area contributed by atoms with Crippen LogP contribution in [0.5, 0.6) is 0 Å². The van der Waals surface area contributed by atoms with Crippen LogP contribution in [0.3, 0.4) is 0 Å². The maximum Gasteiger partial charge on any atom is 0.330 e. The number of halogens is 1. The highest BCUT2D eigenvalue weighted by Crippen LogP contribution is 2.25. The number of carbonyl (C=O) groups excluding carboxylic acids is 1. The molecule has 1 amide bonds. The zero-order chi connectivity index (χ0) is 22.2. The largest absolute Gasteiger partial charge is 0.347 e. The number of carbonyl (C=O) groups is 1. The van der Waals surface area contributed by atoms with Crippen LogP contribution in [-0.2, 0) is 13.6 Å². The van der Waals surface area contributed by atoms with Crippen molar-refractivity contribution >= 4 is 17.1 Å². The molecule has 0 N–H and O–H groups in total. The fourth-order valence-electron chi connectivity index (χ4n) is 4.60. The molecular formula is C24H24FN5O2. The summed E-state index contributed by atoms with van der Waals surface area (Å²) < 4.78 is 18.9. The molecule has 0 radical (unpaired) electrons. The quantitative estimate of drug-likeness (QED) is 0.497. The van der Waals surface area contributed by atoms with Gasteiger partial charge < -0.3 is 9.47 Å². The van der Waals surface area contributed by atoms with Crippen LogP contribution < -0.4 is 5.69 Å². The summed E-state index contributed by atoms with van der Waals surface area (Å²) in [6, 6.07) is 13.4. The maximum atomic E-state index is 13.7. The standard InChI is InChI=1S/C24H24FN5O2/c1-27-12-5-10-21(27)23(31)28-13-4-8-19(16-28)30-22-20(9-3-11-26-22)29(24(30)32)15-17-6-2-7-18(25)14-17/h2-3,5-7,9-12,14,19H,4,8,13,15-16H2,1H3/t19-/m0/s1. The van der Waals surface area contributed by atoms with Crippen LogP contribution in [0.1, 0.15) is 34.9 Å². The molecule has 3 aromatic heterocycles. The Morgan fingerprint density at radius 1 is 1.19 bits per heavy atom. The fraction of sp³-hybridized carbons (Fsp3) is 0.292. The third-order valence-corrected chi connectivity index (χ3v) is 6.16. The van der Waals surface area contributed by atoms with Crippen molar-refractivity contribution in [2.45, 2.75) is 25.4 Å². The Morgan fingerprint density at radius 2 is 2.06 bits per heavy atom. The van der Waals surface area contributed by atoms with E-state index in [1.54, 1.807) is 33.5 Å². The third kappa shape index (κ3) is 3.51. The van der Waals surface area contributed by atoms with Crippen LogP contribution in [0.25, 0.3) is 11.2 Å². The molecule has 5 rings (SSSR count). The minimum absolute atomic E-state index is 0.0355. The molecule has 0 spiro atoms. The van der Waals surface area contributed by atoms with E-state index in [-0.39, 0.29) is 30.0 Å². The van der Waals surface area contributed by atoms with E-state index in [1.165, 1.54) is 12.1 Å². The second-order valence-corrected chi connectivity index (χ2v) is 8.27. The van der Waals surface area contributed by atoms with Gasteiger partial charge in [-0.05, 0) is 54.8 Å². The van der Waals surface area contributed by atoms with Crippen molar-refractivity contribution in [2.24, 2.45) is 7.05 Å². The SMILES string of the molecule is Cn1cccc1C(=O)N1CCC[C@H](n2c(=O)n(Cc3cccc(F)c3)c3cccnc32)C1. The average Bonchev–Trinajstić information content (AvgIpc) is 3.34. The Hall–Kier alpha value is -3.68. The van der Waals surface area contributed by atoms with E-state index >= 15 is 0 Å². The highest BCUT2D eigenvalue weighted by molar-refractivity contribution is 5.92. The summed E-state index contributed by atoms with van der Waals surface area (Å²) in [5.74, 6) is -0.369. The van der Waals surface area contributed by atoms with Crippen LogP contribution in [0, 0.1) is 5.82 Å². The number of likely N-dealkylation sites (tertiary alicyclic amines) is 1. The zero-order valence-corrected chi connectivity index (χ0v) is 17.8. The Kier molecular flexibility index (Phi) is 5.13. The molecule has 1 saturated heterocycles. The van der Waals surface area contributed by atoms with Gasteiger partial charge in [0.2, 0.25) is 0 Å². The molecule has 0 unspecified atom stereocenters. The second kappa shape index (κ2) is 8.11. The van der Waals surface area contributed by atoms with Gasteiger partial charge >= 0.3 is 5.69 Å². The molecule has 4 heterocycles. The first-order valence-corrected chi connectivity index (χ1v) is 10.7. The van der Waals surface area contributed by atoms with Gasteiger partial charge in [-0.25, -0.2) is 14.2 Å². The van der Waals surface area contributed by atoms with Crippen LogP contribution >= 0.6 is 0 Å². The van der Waals surface area contributed by atoms with Gasteiger partial charge in [-0.15, -0.1) is 0 Å². The Bertz CT molecular complexity index is 1350. The summed E-state index contributed by atoms with van der Waals surface area (Å²) in [6.07, 6.45) is 5.10. The maximum absolute atomic E-state index is 13.7. The topological polar surface area (TPSA) is 65.1 Å². The highest BCUT2D eigenvalue weighted by Gasteiger charge is 2.29. The van der Waals surface area contributed by atoms with E-state index in [2.05, 4.69) is 4.98 Å². The van der Waals surface area contributed by atoms with E-state index in [9.17, 15) is 14.0 Å². The first-order chi connectivity index (χ1) is 15.5. The van der Waals surface area contributed by atoms with Crippen molar-refractivity contribution in [2.75, 3.05) is 13.1 Å².